The highest BCUT2D eigenvalue weighted by atomic mass is 32.1. The number of likely N-dealkylation sites (tertiary alicyclic amines) is 1. The van der Waals surface area contributed by atoms with Crippen LogP contribution in [0.25, 0.3) is 4.96 Å². The fourth-order valence-corrected chi connectivity index (χ4v) is 3.84. The number of imidazole rings is 1. The van der Waals surface area contributed by atoms with E-state index in [-0.39, 0.29) is 11.9 Å². The van der Waals surface area contributed by atoms with Crippen LogP contribution in [0.15, 0.2) is 42.0 Å². The second-order valence-electron chi connectivity index (χ2n) is 6.99. The van der Waals surface area contributed by atoms with E-state index in [2.05, 4.69) is 32.1 Å². The molecule has 3 heterocycles. The summed E-state index contributed by atoms with van der Waals surface area (Å²) in [5.41, 5.74) is 1.16. The largest absolute Gasteiger partial charge is 0.490 e. The number of aromatic nitrogens is 2. The van der Waals surface area contributed by atoms with Crippen molar-refractivity contribution in [2.24, 2.45) is 0 Å². The number of thiazole rings is 1. The van der Waals surface area contributed by atoms with Crippen molar-refractivity contribution >= 4 is 22.3 Å². The van der Waals surface area contributed by atoms with Crippen molar-refractivity contribution < 1.29 is 32.2 Å². The Balaban J connectivity index is 0.000000339. The molecular formula is C20H21F4N3O3S. The molecular weight excluding hydrogens is 438 g/mol. The summed E-state index contributed by atoms with van der Waals surface area (Å²) in [7, 11) is 0. The minimum atomic E-state index is -5.08. The summed E-state index contributed by atoms with van der Waals surface area (Å²) < 4.78 is 52.7. The summed E-state index contributed by atoms with van der Waals surface area (Å²) in [6, 6.07) is 6.29. The van der Waals surface area contributed by atoms with Crippen LogP contribution < -0.4 is 4.74 Å². The molecule has 11 heteroatoms. The molecule has 1 aliphatic rings. The van der Waals surface area contributed by atoms with E-state index in [0.29, 0.717) is 0 Å². The maximum absolute atomic E-state index is 12.9. The smallest absolute Gasteiger partial charge is 0.490 e. The third-order valence-corrected chi connectivity index (χ3v) is 5.49. The minimum Gasteiger partial charge on any atom is -0.490 e. The fourth-order valence-electron chi connectivity index (χ4n) is 3.13. The van der Waals surface area contributed by atoms with Crippen molar-refractivity contribution in [3.05, 3.63) is 53.6 Å². The van der Waals surface area contributed by atoms with Gasteiger partial charge >= 0.3 is 12.1 Å². The van der Waals surface area contributed by atoms with Gasteiger partial charge in [-0.3, -0.25) is 4.40 Å². The van der Waals surface area contributed by atoms with Crippen LogP contribution in [0, 0.1) is 5.82 Å². The molecule has 0 atom stereocenters. The topological polar surface area (TPSA) is 67.1 Å². The van der Waals surface area contributed by atoms with Crippen molar-refractivity contribution in [2.45, 2.75) is 31.5 Å². The summed E-state index contributed by atoms with van der Waals surface area (Å²) in [6.45, 7) is 3.11. The Bertz CT molecular complexity index is 951. The first-order valence-corrected chi connectivity index (χ1v) is 10.4. The molecule has 1 aromatic carbocycles. The quantitative estimate of drug-likeness (QED) is 0.578. The van der Waals surface area contributed by atoms with Crippen molar-refractivity contribution in [3.8, 4) is 5.75 Å². The second-order valence-corrected chi connectivity index (χ2v) is 7.86. The SMILES string of the molecule is Fc1ccc(OC2CCN(CCc3cn4ccsc4n3)CC2)cc1.O=C(O)C(F)(F)F. The molecule has 6 nitrogen and oxygen atoms in total. The fraction of sp³-hybridized carbons (Fsp3) is 0.400. The maximum Gasteiger partial charge on any atom is 0.490 e. The molecule has 0 aliphatic carbocycles. The van der Waals surface area contributed by atoms with E-state index in [1.54, 1.807) is 23.5 Å². The number of benzene rings is 1. The zero-order valence-electron chi connectivity index (χ0n) is 16.4. The molecule has 0 bridgehead atoms. The number of halogens is 4. The van der Waals surface area contributed by atoms with Gasteiger partial charge in [-0.25, -0.2) is 14.2 Å². The summed E-state index contributed by atoms with van der Waals surface area (Å²) in [5, 5.41) is 9.18. The Hall–Kier alpha value is -2.66. The number of carbonyl (C=O) groups is 1. The summed E-state index contributed by atoms with van der Waals surface area (Å²) in [6.07, 6.45) is 2.32. The highest BCUT2D eigenvalue weighted by Gasteiger charge is 2.38. The normalized spacial score (nSPS) is 15.5. The molecule has 0 amide bonds. The lowest BCUT2D eigenvalue weighted by Crippen LogP contribution is -2.39. The van der Waals surface area contributed by atoms with Gasteiger partial charge in [0.15, 0.2) is 4.96 Å². The van der Waals surface area contributed by atoms with Crippen molar-refractivity contribution in [2.75, 3.05) is 19.6 Å². The van der Waals surface area contributed by atoms with Crippen LogP contribution in [0.1, 0.15) is 18.5 Å². The molecule has 0 spiro atoms. The molecule has 1 saturated heterocycles. The number of hydrogen-bond donors (Lipinski definition) is 1. The molecule has 4 rings (SSSR count). The predicted molar refractivity (Wildman–Crippen MR) is 107 cm³/mol. The summed E-state index contributed by atoms with van der Waals surface area (Å²) in [5.74, 6) is -2.23. The van der Waals surface area contributed by atoms with Gasteiger partial charge in [0.05, 0.1) is 5.69 Å². The van der Waals surface area contributed by atoms with E-state index in [1.807, 2.05) is 0 Å². The second kappa shape index (κ2) is 10.1. The highest BCUT2D eigenvalue weighted by molar-refractivity contribution is 7.15. The van der Waals surface area contributed by atoms with E-state index in [9.17, 15) is 17.6 Å². The molecule has 168 valence electrons. The van der Waals surface area contributed by atoms with Gasteiger partial charge in [0.1, 0.15) is 17.7 Å². The Kier molecular flexibility index (Phi) is 7.50. The molecule has 1 aliphatic heterocycles. The van der Waals surface area contributed by atoms with E-state index in [0.717, 1.165) is 55.3 Å². The molecule has 3 aromatic rings. The Morgan fingerprint density at radius 2 is 1.87 bits per heavy atom. The molecule has 0 unspecified atom stereocenters. The van der Waals surface area contributed by atoms with Crippen LogP contribution in [-0.2, 0) is 11.2 Å². The first-order chi connectivity index (χ1) is 14.7. The lowest BCUT2D eigenvalue weighted by molar-refractivity contribution is -0.192. The van der Waals surface area contributed by atoms with Gasteiger partial charge in [0.2, 0.25) is 0 Å². The van der Waals surface area contributed by atoms with E-state index < -0.39 is 12.1 Å². The maximum atomic E-state index is 12.9. The lowest BCUT2D eigenvalue weighted by atomic mass is 10.1. The van der Waals surface area contributed by atoms with Crippen LogP contribution in [0.2, 0.25) is 0 Å². The highest BCUT2D eigenvalue weighted by Crippen LogP contribution is 2.20. The molecule has 0 radical (unpaired) electrons. The number of alkyl halides is 3. The Labute approximate surface area is 179 Å². The van der Waals surface area contributed by atoms with Crippen LogP contribution in [-0.4, -0.2) is 57.3 Å². The van der Waals surface area contributed by atoms with Crippen LogP contribution in [0.4, 0.5) is 17.6 Å². The Morgan fingerprint density at radius 1 is 1.23 bits per heavy atom. The Morgan fingerprint density at radius 3 is 2.45 bits per heavy atom. The third-order valence-electron chi connectivity index (χ3n) is 4.72. The lowest BCUT2D eigenvalue weighted by Gasteiger charge is -2.32. The van der Waals surface area contributed by atoms with Crippen LogP contribution in [0.3, 0.4) is 0 Å². The number of carboxylic acid groups (broad SMARTS) is 1. The zero-order chi connectivity index (χ0) is 22.4. The van der Waals surface area contributed by atoms with E-state index in [4.69, 9.17) is 14.6 Å². The van der Waals surface area contributed by atoms with Gasteiger partial charge in [0, 0.05) is 43.8 Å². The first-order valence-electron chi connectivity index (χ1n) is 9.56. The number of aliphatic carboxylic acids is 1. The molecule has 2 aromatic heterocycles. The first kappa shape index (κ1) is 23.0. The summed E-state index contributed by atoms with van der Waals surface area (Å²) >= 11 is 1.67. The zero-order valence-corrected chi connectivity index (χ0v) is 17.2. The van der Waals surface area contributed by atoms with Gasteiger partial charge in [-0.05, 0) is 37.1 Å². The van der Waals surface area contributed by atoms with Crippen molar-refractivity contribution in [1.82, 2.24) is 14.3 Å². The number of rotatable bonds is 5. The number of fused-ring (bicyclic) bond motifs is 1. The summed E-state index contributed by atoms with van der Waals surface area (Å²) in [4.78, 5) is 17.1. The average Bonchev–Trinajstić information content (AvgIpc) is 3.31. The number of carboxylic acids is 1. The molecule has 1 N–H and O–H groups in total. The van der Waals surface area contributed by atoms with Crippen molar-refractivity contribution in [3.63, 3.8) is 0 Å². The van der Waals surface area contributed by atoms with Gasteiger partial charge < -0.3 is 14.7 Å². The van der Waals surface area contributed by atoms with Gasteiger partial charge in [-0.2, -0.15) is 13.2 Å². The minimum absolute atomic E-state index is 0.226. The molecule has 31 heavy (non-hydrogen) atoms. The molecule has 0 saturated carbocycles. The van der Waals surface area contributed by atoms with Gasteiger partial charge in [-0.15, -0.1) is 11.3 Å². The number of hydrogen-bond acceptors (Lipinski definition) is 5. The number of piperidine rings is 1. The number of ether oxygens (including phenoxy) is 1. The third kappa shape index (κ3) is 6.93. The van der Waals surface area contributed by atoms with E-state index >= 15 is 0 Å². The number of nitrogens with zero attached hydrogens (tertiary/aromatic N) is 3. The van der Waals surface area contributed by atoms with E-state index in [1.165, 1.54) is 12.1 Å². The van der Waals surface area contributed by atoms with Gasteiger partial charge in [0.25, 0.3) is 0 Å². The average molecular weight is 459 g/mol. The predicted octanol–water partition coefficient (Wildman–Crippen LogP) is 4.25. The van der Waals surface area contributed by atoms with Crippen molar-refractivity contribution in [1.29, 1.82) is 0 Å². The molecule has 1 fully saturated rings. The van der Waals surface area contributed by atoms with Crippen LogP contribution in [0.5, 0.6) is 5.75 Å². The van der Waals surface area contributed by atoms with Crippen LogP contribution >= 0.6 is 11.3 Å². The standard InChI is InChI=1S/C18H20FN3OS.C2HF3O2/c19-14-1-3-16(4-2-14)23-17-6-9-21(10-7-17)8-5-15-13-22-11-12-24-18(22)20-15;3-2(4,5)1(6)7/h1-4,11-13,17H,5-10H2;(H,6,7). The monoisotopic (exact) mass is 459 g/mol. The van der Waals surface area contributed by atoms with Gasteiger partial charge in [-0.1, -0.05) is 0 Å².